The highest BCUT2D eigenvalue weighted by molar-refractivity contribution is 5.74. The minimum atomic E-state index is -0.426. The maximum Gasteiger partial charge on any atom is 0.353 e. The van der Waals surface area contributed by atoms with Crippen molar-refractivity contribution in [2.75, 3.05) is 41.3 Å². The summed E-state index contributed by atoms with van der Waals surface area (Å²) in [5.74, 6) is 0.980. The summed E-state index contributed by atoms with van der Waals surface area (Å²) in [7, 11) is 0. The first-order chi connectivity index (χ1) is 14.9. The van der Waals surface area contributed by atoms with Crippen LogP contribution in [0.4, 0.5) is 28.8 Å². The van der Waals surface area contributed by atoms with Crippen LogP contribution in [0, 0.1) is 30.9 Å². The lowest BCUT2D eigenvalue weighted by atomic mass is 10.1. The molecule has 31 heavy (non-hydrogen) atoms. The van der Waals surface area contributed by atoms with Gasteiger partial charge in [-0.3, -0.25) is 10.1 Å². The highest BCUT2D eigenvalue weighted by Gasteiger charge is 2.30. The average Bonchev–Trinajstić information content (AvgIpc) is 2.75. The zero-order chi connectivity index (χ0) is 22.0. The molecule has 1 saturated heterocycles. The highest BCUT2D eigenvalue weighted by atomic mass is 16.6. The lowest BCUT2D eigenvalue weighted by molar-refractivity contribution is -0.383. The van der Waals surface area contributed by atoms with E-state index < -0.39 is 4.92 Å². The number of nitrogens with one attached hydrogen (secondary N) is 1. The monoisotopic (exact) mass is 419 g/mol. The number of aryl methyl sites for hydroxylation is 2. The molecule has 0 aliphatic carbocycles. The Hall–Kier alpha value is -3.75. The van der Waals surface area contributed by atoms with Crippen molar-refractivity contribution in [1.29, 1.82) is 0 Å². The van der Waals surface area contributed by atoms with Crippen molar-refractivity contribution in [3.63, 3.8) is 0 Å². The fourth-order valence-corrected chi connectivity index (χ4v) is 3.82. The van der Waals surface area contributed by atoms with Crippen molar-refractivity contribution in [3.05, 3.63) is 69.7 Å². The summed E-state index contributed by atoms with van der Waals surface area (Å²) in [6.45, 7) is 8.95. The predicted octanol–water partition coefficient (Wildman–Crippen LogP) is 3.78. The maximum absolute atomic E-state index is 11.9. The van der Waals surface area contributed by atoms with Crippen LogP contribution in [-0.4, -0.2) is 46.1 Å². The third kappa shape index (κ3) is 4.25. The van der Waals surface area contributed by atoms with Gasteiger partial charge in [-0.1, -0.05) is 12.1 Å². The summed E-state index contributed by atoms with van der Waals surface area (Å²) < 4.78 is 0. The Bertz CT molecular complexity index is 1110. The number of nitrogens with zero attached hydrogens (tertiary/aromatic N) is 6. The van der Waals surface area contributed by atoms with Gasteiger partial charge in [0.15, 0.2) is 0 Å². The van der Waals surface area contributed by atoms with E-state index >= 15 is 0 Å². The van der Waals surface area contributed by atoms with E-state index in [4.69, 9.17) is 0 Å². The first kappa shape index (κ1) is 20.5. The molecule has 1 N–H and O–H groups in total. The molecule has 1 fully saturated rings. The molecule has 0 atom stereocenters. The molecule has 3 aromatic rings. The Kier molecular flexibility index (Phi) is 5.66. The van der Waals surface area contributed by atoms with Crippen LogP contribution in [0.5, 0.6) is 0 Å². The van der Waals surface area contributed by atoms with Crippen LogP contribution in [0.3, 0.4) is 0 Å². The summed E-state index contributed by atoms with van der Waals surface area (Å²) in [6.07, 6.45) is 3.01. The second-order valence-electron chi connectivity index (χ2n) is 7.69. The molecule has 3 heterocycles. The third-order valence-electron chi connectivity index (χ3n) is 5.64. The molecule has 0 bridgehead atoms. The van der Waals surface area contributed by atoms with Crippen LogP contribution in [0.15, 0.2) is 42.9 Å². The van der Waals surface area contributed by atoms with Crippen LogP contribution in [-0.2, 0) is 0 Å². The lowest BCUT2D eigenvalue weighted by Crippen LogP contribution is -2.47. The van der Waals surface area contributed by atoms with Gasteiger partial charge in [-0.05, 0) is 55.7 Å². The van der Waals surface area contributed by atoms with Gasteiger partial charge in [0.2, 0.25) is 11.6 Å². The van der Waals surface area contributed by atoms with Gasteiger partial charge in [0.25, 0.3) is 0 Å². The average molecular weight is 419 g/mol. The number of piperazine rings is 1. The van der Waals surface area contributed by atoms with Crippen molar-refractivity contribution in [3.8, 4) is 0 Å². The molecule has 1 aliphatic heterocycles. The van der Waals surface area contributed by atoms with Gasteiger partial charge in [-0.15, -0.1) is 0 Å². The smallest absolute Gasteiger partial charge is 0.353 e. The number of nitro groups is 1. The van der Waals surface area contributed by atoms with E-state index in [1.54, 1.807) is 6.20 Å². The molecule has 0 spiro atoms. The van der Waals surface area contributed by atoms with Crippen LogP contribution < -0.4 is 15.1 Å². The van der Waals surface area contributed by atoms with E-state index in [1.807, 2.05) is 24.0 Å². The van der Waals surface area contributed by atoms with Crippen molar-refractivity contribution in [2.45, 2.75) is 20.8 Å². The molecule has 160 valence electrons. The van der Waals surface area contributed by atoms with Crippen LogP contribution in [0.25, 0.3) is 0 Å². The first-order valence-electron chi connectivity index (χ1n) is 10.2. The normalized spacial score (nSPS) is 13.9. The number of rotatable bonds is 5. The quantitative estimate of drug-likeness (QED) is 0.493. The van der Waals surface area contributed by atoms with Crippen molar-refractivity contribution >= 4 is 28.8 Å². The van der Waals surface area contributed by atoms with Gasteiger partial charge in [0, 0.05) is 38.1 Å². The molecular weight excluding hydrogens is 394 g/mol. The second kappa shape index (κ2) is 8.55. The zero-order valence-electron chi connectivity index (χ0n) is 17.9. The van der Waals surface area contributed by atoms with Crippen molar-refractivity contribution < 1.29 is 4.92 Å². The highest BCUT2D eigenvalue weighted by Crippen LogP contribution is 2.34. The maximum atomic E-state index is 11.9. The Morgan fingerprint density at radius 2 is 1.74 bits per heavy atom. The minimum absolute atomic E-state index is 0.133. The van der Waals surface area contributed by atoms with Gasteiger partial charge < -0.3 is 15.1 Å². The van der Waals surface area contributed by atoms with Crippen molar-refractivity contribution in [1.82, 2.24) is 15.0 Å². The van der Waals surface area contributed by atoms with Gasteiger partial charge in [0.1, 0.15) is 12.1 Å². The molecule has 9 nitrogen and oxygen atoms in total. The standard InChI is InChI=1S/C22H25N7O2/c1-15-7-8-23-19(13-15)26-21-20(29(30)31)22(25-14-24-21)28-11-9-27(10-12-28)18-6-4-5-16(2)17(18)3/h4-8,13-14H,9-12H2,1-3H3,(H,23,24,25,26). The van der Waals surface area contributed by atoms with E-state index in [1.165, 1.54) is 23.1 Å². The Balaban J connectivity index is 1.57. The third-order valence-corrected chi connectivity index (χ3v) is 5.64. The molecular formula is C22H25N7O2. The van der Waals surface area contributed by atoms with Crippen molar-refractivity contribution in [2.24, 2.45) is 0 Å². The van der Waals surface area contributed by atoms with E-state index in [2.05, 4.69) is 57.2 Å². The van der Waals surface area contributed by atoms with E-state index in [9.17, 15) is 10.1 Å². The number of pyridine rings is 1. The molecule has 9 heteroatoms. The summed E-state index contributed by atoms with van der Waals surface area (Å²) >= 11 is 0. The number of aromatic nitrogens is 3. The zero-order valence-corrected chi connectivity index (χ0v) is 17.9. The number of anilines is 4. The number of hydrogen-bond donors (Lipinski definition) is 1. The molecule has 0 saturated carbocycles. The van der Waals surface area contributed by atoms with Crippen LogP contribution >= 0.6 is 0 Å². The Morgan fingerprint density at radius 1 is 1.00 bits per heavy atom. The summed E-state index contributed by atoms with van der Waals surface area (Å²) in [6, 6.07) is 9.98. The summed E-state index contributed by atoms with van der Waals surface area (Å²) in [5, 5.41) is 14.9. The van der Waals surface area contributed by atoms with E-state index in [0.717, 1.165) is 18.7 Å². The van der Waals surface area contributed by atoms with Crippen LogP contribution in [0.2, 0.25) is 0 Å². The fraction of sp³-hybridized carbons (Fsp3) is 0.318. The van der Waals surface area contributed by atoms with E-state index in [0.29, 0.717) is 24.7 Å². The molecule has 0 radical (unpaired) electrons. The predicted molar refractivity (Wildman–Crippen MR) is 121 cm³/mol. The number of hydrogen-bond acceptors (Lipinski definition) is 8. The minimum Gasteiger partial charge on any atom is -0.368 e. The van der Waals surface area contributed by atoms with Gasteiger partial charge >= 0.3 is 5.69 Å². The second-order valence-corrected chi connectivity index (χ2v) is 7.69. The fourth-order valence-electron chi connectivity index (χ4n) is 3.82. The Morgan fingerprint density at radius 3 is 2.45 bits per heavy atom. The SMILES string of the molecule is Cc1ccnc(Nc2ncnc(N3CCN(c4cccc(C)c4C)CC3)c2[N+](=O)[O-])c1. The molecule has 0 amide bonds. The topological polar surface area (TPSA) is 100 Å². The molecule has 1 aliphatic rings. The lowest BCUT2D eigenvalue weighted by Gasteiger charge is -2.37. The number of benzene rings is 1. The molecule has 1 aromatic carbocycles. The summed E-state index contributed by atoms with van der Waals surface area (Å²) in [5.41, 5.74) is 4.60. The molecule has 4 rings (SSSR count). The van der Waals surface area contributed by atoms with Gasteiger partial charge in [-0.25, -0.2) is 15.0 Å². The molecule has 0 unspecified atom stereocenters. The largest absolute Gasteiger partial charge is 0.368 e. The summed E-state index contributed by atoms with van der Waals surface area (Å²) in [4.78, 5) is 28.4. The Labute approximate surface area is 180 Å². The molecule has 2 aromatic heterocycles. The van der Waals surface area contributed by atoms with E-state index in [-0.39, 0.29) is 11.5 Å². The van der Waals surface area contributed by atoms with Gasteiger partial charge in [-0.2, -0.15) is 0 Å². The van der Waals surface area contributed by atoms with Gasteiger partial charge in [0.05, 0.1) is 4.92 Å². The van der Waals surface area contributed by atoms with Crippen LogP contribution in [0.1, 0.15) is 16.7 Å². The first-order valence-corrected chi connectivity index (χ1v) is 10.2.